The first-order chi connectivity index (χ1) is 9.38. The third-order valence-electron chi connectivity index (χ3n) is 2.72. The van der Waals surface area contributed by atoms with Gasteiger partial charge in [-0.3, -0.25) is 0 Å². The highest BCUT2D eigenvalue weighted by atomic mass is 32.2. The van der Waals surface area contributed by atoms with Gasteiger partial charge in [-0.25, -0.2) is 0 Å². The van der Waals surface area contributed by atoms with Crippen molar-refractivity contribution in [2.24, 2.45) is 0 Å². The average Bonchev–Trinajstić information content (AvgIpc) is 2.48. The van der Waals surface area contributed by atoms with Gasteiger partial charge in [-0.2, -0.15) is 11.8 Å². The van der Waals surface area contributed by atoms with E-state index < -0.39 is 0 Å². The SMILES string of the molecule is C[CH]CSCc1ccc(OCc2ccccc2)cc1. The molecule has 0 saturated heterocycles. The zero-order valence-corrected chi connectivity index (χ0v) is 12.0. The molecule has 0 bridgehead atoms. The quantitative estimate of drug-likeness (QED) is 0.674. The van der Waals surface area contributed by atoms with Crippen molar-refractivity contribution < 1.29 is 4.74 Å². The minimum Gasteiger partial charge on any atom is -0.489 e. The molecule has 19 heavy (non-hydrogen) atoms. The van der Waals surface area contributed by atoms with Crippen molar-refractivity contribution in [2.75, 3.05) is 5.75 Å². The van der Waals surface area contributed by atoms with Crippen LogP contribution in [-0.2, 0) is 12.4 Å². The van der Waals surface area contributed by atoms with Gasteiger partial charge in [0.1, 0.15) is 12.4 Å². The molecule has 0 spiro atoms. The minimum atomic E-state index is 0.625. The molecule has 0 amide bonds. The highest BCUT2D eigenvalue weighted by molar-refractivity contribution is 7.98. The minimum absolute atomic E-state index is 0.625. The van der Waals surface area contributed by atoms with Gasteiger partial charge in [-0.15, -0.1) is 0 Å². The van der Waals surface area contributed by atoms with Gasteiger partial charge in [0.05, 0.1) is 0 Å². The van der Waals surface area contributed by atoms with Crippen molar-refractivity contribution in [3.8, 4) is 5.75 Å². The lowest BCUT2D eigenvalue weighted by molar-refractivity contribution is 0.306. The van der Waals surface area contributed by atoms with Gasteiger partial charge < -0.3 is 4.74 Å². The fraction of sp³-hybridized carbons (Fsp3) is 0.235. The number of rotatable bonds is 7. The van der Waals surface area contributed by atoms with E-state index in [0.29, 0.717) is 6.61 Å². The van der Waals surface area contributed by atoms with E-state index in [0.717, 1.165) is 17.3 Å². The number of thioether (sulfide) groups is 1. The average molecular weight is 271 g/mol. The predicted molar refractivity (Wildman–Crippen MR) is 83.4 cm³/mol. The Morgan fingerprint density at radius 2 is 1.68 bits per heavy atom. The zero-order valence-electron chi connectivity index (χ0n) is 11.2. The first-order valence-corrected chi connectivity index (χ1v) is 7.65. The summed E-state index contributed by atoms with van der Waals surface area (Å²) in [5, 5.41) is 0. The largest absolute Gasteiger partial charge is 0.489 e. The van der Waals surface area contributed by atoms with Crippen LogP contribution >= 0.6 is 11.8 Å². The maximum atomic E-state index is 5.76. The third-order valence-corrected chi connectivity index (χ3v) is 3.83. The van der Waals surface area contributed by atoms with Crippen LogP contribution in [0.5, 0.6) is 5.75 Å². The standard InChI is InChI=1S/C17H19OS/c1-2-12-19-14-16-8-10-17(11-9-16)18-13-15-6-4-3-5-7-15/h2-11H,12-14H2,1H3. The Bertz CT molecular complexity index is 464. The van der Waals surface area contributed by atoms with Crippen molar-refractivity contribution in [1.29, 1.82) is 0 Å². The lowest BCUT2D eigenvalue weighted by Crippen LogP contribution is -1.95. The topological polar surface area (TPSA) is 9.23 Å². The number of benzene rings is 2. The van der Waals surface area contributed by atoms with Crippen molar-refractivity contribution in [1.82, 2.24) is 0 Å². The van der Waals surface area contributed by atoms with Crippen LogP contribution in [-0.4, -0.2) is 5.75 Å². The van der Waals surface area contributed by atoms with Crippen LogP contribution in [0.4, 0.5) is 0 Å². The van der Waals surface area contributed by atoms with E-state index in [1.165, 1.54) is 11.1 Å². The van der Waals surface area contributed by atoms with Crippen LogP contribution in [0.15, 0.2) is 54.6 Å². The lowest BCUT2D eigenvalue weighted by Gasteiger charge is -2.07. The molecule has 0 aliphatic rings. The van der Waals surface area contributed by atoms with E-state index in [1.807, 2.05) is 30.0 Å². The fourth-order valence-corrected chi connectivity index (χ4v) is 2.50. The molecule has 1 nitrogen and oxygen atoms in total. The molecule has 0 saturated carbocycles. The van der Waals surface area contributed by atoms with Crippen molar-refractivity contribution in [3.63, 3.8) is 0 Å². The van der Waals surface area contributed by atoms with E-state index in [9.17, 15) is 0 Å². The molecule has 2 rings (SSSR count). The number of hydrogen-bond donors (Lipinski definition) is 0. The van der Waals surface area contributed by atoms with Gasteiger partial charge in [0.15, 0.2) is 0 Å². The smallest absolute Gasteiger partial charge is 0.119 e. The predicted octanol–water partition coefficient (Wildman–Crippen LogP) is 4.72. The first kappa shape index (κ1) is 14.0. The molecule has 2 aromatic carbocycles. The Balaban J connectivity index is 1.81. The Kier molecular flexibility index (Phi) is 5.83. The molecular weight excluding hydrogens is 252 g/mol. The Hall–Kier alpha value is -1.41. The van der Waals surface area contributed by atoms with Crippen molar-refractivity contribution in [3.05, 3.63) is 72.1 Å². The molecule has 0 aliphatic carbocycles. The molecule has 0 heterocycles. The highest BCUT2D eigenvalue weighted by Gasteiger charge is 1.97. The Labute approximate surface area is 120 Å². The van der Waals surface area contributed by atoms with Gasteiger partial charge in [-0.1, -0.05) is 49.4 Å². The molecule has 0 aromatic heterocycles. The van der Waals surface area contributed by atoms with Crippen LogP contribution in [0.2, 0.25) is 0 Å². The van der Waals surface area contributed by atoms with Gasteiger partial charge in [0.25, 0.3) is 0 Å². The Morgan fingerprint density at radius 1 is 0.947 bits per heavy atom. The molecule has 1 radical (unpaired) electrons. The summed E-state index contributed by atoms with van der Waals surface area (Å²) in [5.41, 5.74) is 2.54. The molecule has 99 valence electrons. The van der Waals surface area contributed by atoms with Gasteiger partial charge in [-0.05, 0) is 35.4 Å². The summed E-state index contributed by atoms with van der Waals surface area (Å²) in [5.74, 6) is 3.09. The zero-order chi connectivity index (χ0) is 13.3. The van der Waals surface area contributed by atoms with Gasteiger partial charge in [0.2, 0.25) is 0 Å². The molecule has 2 heteroatoms. The maximum absolute atomic E-state index is 5.76. The summed E-state index contributed by atoms with van der Waals surface area (Å²) in [6.45, 7) is 2.72. The van der Waals surface area contributed by atoms with Crippen LogP contribution in [0.3, 0.4) is 0 Å². The van der Waals surface area contributed by atoms with Crippen molar-refractivity contribution in [2.45, 2.75) is 19.3 Å². The van der Waals surface area contributed by atoms with Gasteiger partial charge >= 0.3 is 0 Å². The second-order valence-corrected chi connectivity index (χ2v) is 5.37. The summed E-state index contributed by atoms with van der Waals surface area (Å²) in [6.07, 6.45) is 2.18. The third kappa shape index (κ3) is 4.99. The Morgan fingerprint density at radius 3 is 2.37 bits per heavy atom. The van der Waals surface area contributed by atoms with Crippen LogP contribution in [0, 0.1) is 6.42 Å². The number of hydrogen-bond acceptors (Lipinski definition) is 2. The summed E-state index contributed by atoms with van der Waals surface area (Å²) in [4.78, 5) is 0. The summed E-state index contributed by atoms with van der Waals surface area (Å²) in [6, 6.07) is 18.6. The van der Waals surface area contributed by atoms with Crippen LogP contribution in [0.1, 0.15) is 18.1 Å². The van der Waals surface area contributed by atoms with Crippen LogP contribution in [0.25, 0.3) is 0 Å². The van der Waals surface area contributed by atoms with E-state index in [2.05, 4.69) is 49.7 Å². The summed E-state index contributed by atoms with van der Waals surface area (Å²) >= 11 is 1.93. The lowest BCUT2D eigenvalue weighted by atomic mass is 10.2. The second kappa shape index (κ2) is 7.90. The van der Waals surface area contributed by atoms with Gasteiger partial charge in [0, 0.05) is 5.75 Å². The molecule has 0 fully saturated rings. The van der Waals surface area contributed by atoms with Crippen molar-refractivity contribution >= 4 is 11.8 Å². The molecule has 0 aliphatic heterocycles. The summed E-state index contributed by atoms with van der Waals surface area (Å²) in [7, 11) is 0. The maximum Gasteiger partial charge on any atom is 0.119 e. The van der Waals surface area contributed by atoms with E-state index in [1.54, 1.807) is 0 Å². The number of ether oxygens (including phenoxy) is 1. The summed E-state index contributed by atoms with van der Waals surface area (Å²) < 4.78 is 5.76. The fourth-order valence-electron chi connectivity index (χ4n) is 1.72. The molecular formula is C17H19OS. The second-order valence-electron chi connectivity index (χ2n) is 4.34. The first-order valence-electron chi connectivity index (χ1n) is 6.49. The van der Waals surface area contributed by atoms with E-state index >= 15 is 0 Å². The normalized spacial score (nSPS) is 10.4. The van der Waals surface area contributed by atoms with E-state index in [-0.39, 0.29) is 0 Å². The molecule has 0 atom stereocenters. The van der Waals surface area contributed by atoms with Crippen LogP contribution < -0.4 is 4.74 Å². The molecule has 2 aromatic rings. The monoisotopic (exact) mass is 271 g/mol. The molecule has 0 unspecified atom stereocenters. The molecule has 0 N–H and O–H groups in total. The van der Waals surface area contributed by atoms with E-state index in [4.69, 9.17) is 4.74 Å². The highest BCUT2D eigenvalue weighted by Crippen LogP contribution is 2.18.